The first kappa shape index (κ1) is 14.7. The van der Waals surface area contributed by atoms with Crippen molar-refractivity contribution in [3.63, 3.8) is 0 Å². The minimum absolute atomic E-state index is 0. The molecule has 1 aromatic rings. The summed E-state index contributed by atoms with van der Waals surface area (Å²) in [7, 11) is 0. The molecule has 1 heterocycles. The second-order valence-electron chi connectivity index (χ2n) is 2.19. The first-order valence-electron chi connectivity index (χ1n) is 3.07. The van der Waals surface area contributed by atoms with E-state index in [0.717, 1.165) is 10.2 Å². The van der Waals surface area contributed by atoms with E-state index in [1.807, 2.05) is 19.1 Å². The van der Waals surface area contributed by atoms with Gasteiger partial charge >= 0.3 is 0 Å². The molecular weight excluding hydrogens is 263 g/mol. The molecule has 0 bridgehead atoms. The Morgan fingerprint density at radius 3 is 2.33 bits per heavy atom. The number of aromatic nitrogens is 1. The Morgan fingerprint density at radius 2 is 2.00 bits per heavy atom. The lowest BCUT2D eigenvalue weighted by molar-refractivity contribution is 0.780. The molecule has 1 atom stereocenters. The summed E-state index contributed by atoms with van der Waals surface area (Å²) in [4.78, 5) is 4.11. The molecule has 2 N–H and O–H groups in total. The van der Waals surface area contributed by atoms with Crippen LogP contribution in [-0.4, -0.2) is 4.98 Å². The van der Waals surface area contributed by atoms with E-state index in [-0.39, 0.29) is 30.9 Å². The standard InChI is InChI=1S/C7H9BrN2.2ClH/c1-5(9)7-3-2-6(8)4-10-7;;/h2-5H,9H2,1H3;2*1H. The summed E-state index contributed by atoms with van der Waals surface area (Å²) in [5.74, 6) is 0. The van der Waals surface area contributed by atoms with Crippen molar-refractivity contribution in [3.8, 4) is 0 Å². The first-order chi connectivity index (χ1) is 4.70. The van der Waals surface area contributed by atoms with Crippen LogP contribution in [0.4, 0.5) is 0 Å². The van der Waals surface area contributed by atoms with Gasteiger partial charge in [0.1, 0.15) is 0 Å². The molecule has 0 amide bonds. The summed E-state index contributed by atoms with van der Waals surface area (Å²) in [6, 6.07) is 3.87. The SMILES string of the molecule is CC(N)c1ccc(Br)cn1.Cl.Cl. The highest BCUT2D eigenvalue weighted by molar-refractivity contribution is 9.10. The summed E-state index contributed by atoms with van der Waals surface area (Å²) in [6.45, 7) is 1.91. The maximum atomic E-state index is 5.59. The average molecular weight is 274 g/mol. The Kier molecular flexibility index (Phi) is 8.15. The zero-order valence-corrected chi connectivity index (χ0v) is 9.75. The van der Waals surface area contributed by atoms with Crippen LogP contribution in [0.2, 0.25) is 0 Å². The van der Waals surface area contributed by atoms with Crippen molar-refractivity contribution in [2.45, 2.75) is 13.0 Å². The first-order valence-corrected chi connectivity index (χ1v) is 3.86. The van der Waals surface area contributed by atoms with E-state index in [9.17, 15) is 0 Å². The molecule has 12 heavy (non-hydrogen) atoms. The average Bonchev–Trinajstić information content (AvgIpc) is 1.88. The fourth-order valence-electron chi connectivity index (χ4n) is 0.657. The van der Waals surface area contributed by atoms with Gasteiger partial charge in [0.15, 0.2) is 0 Å². The van der Waals surface area contributed by atoms with Crippen LogP contribution in [0.15, 0.2) is 22.8 Å². The third-order valence-electron chi connectivity index (χ3n) is 1.22. The molecule has 5 heteroatoms. The number of nitrogens with two attached hydrogens (primary N) is 1. The van der Waals surface area contributed by atoms with Gasteiger partial charge in [0.05, 0.1) is 5.69 Å². The third-order valence-corrected chi connectivity index (χ3v) is 1.69. The van der Waals surface area contributed by atoms with Crippen LogP contribution in [0, 0.1) is 0 Å². The zero-order valence-electron chi connectivity index (χ0n) is 6.53. The number of rotatable bonds is 1. The van der Waals surface area contributed by atoms with E-state index in [1.165, 1.54) is 0 Å². The van der Waals surface area contributed by atoms with Gasteiger partial charge in [-0.2, -0.15) is 0 Å². The molecule has 0 aromatic carbocycles. The van der Waals surface area contributed by atoms with Gasteiger partial charge in [-0.1, -0.05) is 0 Å². The van der Waals surface area contributed by atoms with Crippen LogP contribution in [0.3, 0.4) is 0 Å². The lowest BCUT2D eigenvalue weighted by Gasteiger charge is -2.02. The van der Waals surface area contributed by atoms with Gasteiger partial charge in [0, 0.05) is 16.7 Å². The normalized spacial score (nSPS) is 10.9. The van der Waals surface area contributed by atoms with Crippen LogP contribution in [0.5, 0.6) is 0 Å². The summed E-state index contributed by atoms with van der Waals surface area (Å²) >= 11 is 3.29. The van der Waals surface area contributed by atoms with Crippen LogP contribution < -0.4 is 5.73 Å². The highest BCUT2D eigenvalue weighted by Crippen LogP contribution is 2.10. The molecule has 1 aromatic heterocycles. The van der Waals surface area contributed by atoms with Gasteiger partial charge in [0.2, 0.25) is 0 Å². The highest BCUT2D eigenvalue weighted by atomic mass is 79.9. The largest absolute Gasteiger partial charge is 0.323 e. The van der Waals surface area contributed by atoms with Crippen LogP contribution in [-0.2, 0) is 0 Å². The van der Waals surface area contributed by atoms with Crippen LogP contribution >= 0.6 is 40.7 Å². The molecule has 0 saturated heterocycles. The zero-order chi connectivity index (χ0) is 7.56. The van der Waals surface area contributed by atoms with Crippen molar-refractivity contribution in [2.24, 2.45) is 5.73 Å². The molecule has 0 saturated carbocycles. The van der Waals surface area contributed by atoms with Crippen molar-refractivity contribution in [1.82, 2.24) is 4.98 Å². The fraction of sp³-hybridized carbons (Fsp3) is 0.286. The summed E-state index contributed by atoms with van der Waals surface area (Å²) in [5.41, 5.74) is 6.51. The van der Waals surface area contributed by atoms with Crippen molar-refractivity contribution in [2.75, 3.05) is 0 Å². The molecule has 0 aliphatic heterocycles. The fourth-order valence-corrected chi connectivity index (χ4v) is 0.891. The van der Waals surface area contributed by atoms with Gasteiger partial charge in [-0.15, -0.1) is 24.8 Å². The third kappa shape index (κ3) is 4.26. The molecule has 0 aliphatic rings. The molecule has 2 nitrogen and oxygen atoms in total. The van der Waals surface area contributed by atoms with Gasteiger partial charge < -0.3 is 5.73 Å². The smallest absolute Gasteiger partial charge is 0.0569 e. The molecular formula is C7H11BrCl2N2. The summed E-state index contributed by atoms with van der Waals surface area (Å²) in [6.07, 6.45) is 1.75. The van der Waals surface area contributed by atoms with E-state index in [4.69, 9.17) is 5.73 Å². The quantitative estimate of drug-likeness (QED) is 0.855. The molecule has 0 radical (unpaired) electrons. The van der Waals surface area contributed by atoms with Gasteiger partial charge in [-0.25, -0.2) is 0 Å². The minimum Gasteiger partial charge on any atom is -0.323 e. The van der Waals surface area contributed by atoms with E-state index >= 15 is 0 Å². The topological polar surface area (TPSA) is 38.9 Å². The molecule has 1 rings (SSSR count). The second-order valence-corrected chi connectivity index (χ2v) is 3.11. The lowest BCUT2D eigenvalue weighted by atomic mass is 10.2. The summed E-state index contributed by atoms with van der Waals surface area (Å²) < 4.78 is 0.983. The number of hydrogen-bond donors (Lipinski definition) is 1. The van der Waals surface area contributed by atoms with Gasteiger partial charge in [-0.3, -0.25) is 4.98 Å². The number of pyridine rings is 1. The Morgan fingerprint density at radius 1 is 1.42 bits per heavy atom. The number of nitrogens with zero attached hydrogens (tertiary/aromatic N) is 1. The molecule has 0 fully saturated rings. The molecule has 1 unspecified atom stereocenters. The maximum Gasteiger partial charge on any atom is 0.0569 e. The number of halogens is 3. The monoisotopic (exact) mass is 272 g/mol. The molecule has 0 spiro atoms. The summed E-state index contributed by atoms with van der Waals surface area (Å²) in [5, 5.41) is 0. The van der Waals surface area contributed by atoms with Crippen molar-refractivity contribution < 1.29 is 0 Å². The lowest BCUT2D eigenvalue weighted by Crippen LogP contribution is -2.06. The highest BCUT2D eigenvalue weighted by Gasteiger charge is 1.97. The minimum atomic E-state index is 0. The van der Waals surface area contributed by atoms with Crippen molar-refractivity contribution in [3.05, 3.63) is 28.5 Å². The number of hydrogen-bond acceptors (Lipinski definition) is 2. The van der Waals surface area contributed by atoms with Crippen LogP contribution in [0.25, 0.3) is 0 Å². The Balaban J connectivity index is 0. The molecule has 70 valence electrons. The Labute approximate surface area is 92.9 Å². The Hall–Kier alpha value is 0.170. The predicted octanol–water partition coefficient (Wildman–Crippen LogP) is 2.71. The van der Waals surface area contributed by atoms with Crippen molar-refractivity contribution >= 4 is 40.7 Å². The van der Waals surface area contributed by atoms with E-state index in [2.05, 4.69) is 20.9 Å². The van der Waals surface area contributed by atoms with Crippen LogP contribution in [0.1, 0.15) is 18.7 Å². The van der Waals surface area contributed by atoms with E-state index < -0.39 is 0 Å². The predicted molar refractivity (Wildman–Crippen MR) is 59.0 cm³/mol. The molecule has 0 aliphatic carbocycles. The van der Waals surface area contributed by atoms with Gasteiger partial charge in [0.25, 0.3) is 0 Å². The van der Waals surface area contributed by atoms with Gasteiger partial charge in [-0.05, 0) is 35.0 Å². The van der Waals surface area contributed by atoms with E-state index in [1.54, 1.807) is 6.20 Å². The van der Waals surface area contributed by atoms with E-state index in [0.29, 0.717) is 0 Å². The Bertz CT molecular complexity index is 213. The maximum absolute atomic E-state index is 5.59. The van der Waals surface area contributed by atoms with Crippen molar-refractivity contribution in [1.29, 1.82) is 0 Å². The second kappa shape index (κ2) is 6.66.